The fraction of sp³-hybridized carbons (Fsp3) is 0.133. The van der Waals surface area contributed by atoms with E-state index in [1.807, 2.05) is 0 Å². The summed E-state index contributed by atoms with van der Waals surface area (Å²) in [6.07, 6.45) is 1.42. The largest absolute Gasteiger partial charge is 0.454 e. The predicted molar refractivity (Wildman–Crippen MR) is 81.7 cm³/mol. The maximum atomic E-state index is 13.5. The third-order valence-electron chi connectivity index (χ3n) is 2.77. The summed E-state index contributed by atoms with van der Waals surface area (Å²) in [5.41, 5.74) is -0.438. The molecule has 1 heterocycles. The monoisotopic (exact) mass is 338 g/mol. The Morgan fingerprint density at radius 3 is 2.74 bits per heavy atom. The van der Waals surface area contributed by atoms with E-state index >= 15 is 0 Å². The Hall–Kier alpha value is -2.67. The van der Waals surface area contributed by atoms with Crippen LogP contribution in [0.3, 0.4) is 0 Å². The first-order chi connectivity index (χ1) is 11.0. The van der Waals surface area contributed by atoms with E-state index < -0.39 is 24.3 Å². The van der Waals surface area contributed by atoms with Crippen molar-refractivity contribution in [1.82, 2.24) is 4.57 Å². The summed E-state index contributed by atoms with van der Waals surface area (Å²) >= 11 is 5.60. The summed E-state index contributed by atoms with van der Waals surface area (Å²) in [7, 11) is 0. The van der Waals surface area contributed by atoms with Crippen LogP contribution in [0, 0.1) is 5.82 Å². The van der Waals surface area contributed by atoms with Crippen LogP contribution >= 0.6 is 11.6 Å². The van der Waals surface area contributed by atoms with Gasteiger partial charge in [-0.2, -0.15) is 0 Å². The van der Waals surface area contributed by atoms with Crippen LogP contribution in [0.25, 0.3) is 0 Å². The van der Waals surface area contributed by atoms with Crippen molar-refractivity contribution in [3.63, 3.8) is 0 Å². The molecule has 0 saturated heterocycles. The van der Waals surface area contributed by atoms with Gasteiger partial charge in [-0.1, -0.05) is 17.7 Å². The third kappa shape index (κ3) is 4.93. The minimum atomic E-state index is -0.759. The first kappa shape index (κ1) is 16.7. The molecule has 2 rings (SSSR count). The molecule has 1 aromatic heterocycles. The molecular formula is C15H12ClFN2O4. The van der Waals surface area contributed by atoms with E-state index in [0.29, 0.717) is 0 Å². The number of pyridine rings is 1. The van der Waals surface area contributed by atoms with Crippen molar-refractivity contribution in [2.75, 3.05) is 11.9 Å². The number of hydrogen-bond acceptors (Lipinski definition) is 4. The average Bonchev–Trinajstić information content (AvgIpc) is 2.50. The lowest BCUT2D eigenvalue weighted by Crippen LogP contribution is -2.27. The van der Waals surface area contributed by atoms with E-state index in [1.54, 1.807) is 6.07 Å². The zero-order valence-corrected chi connectivity index (χ0v) is 12.5. The van der Waals surface area contributed by atoms with Crippen LogP contribution < -0.4 is 10.9 Å². The Labute approximate surface area is 135 Å². The number of hydrogen-bond donors (Lipinski definition) is 1. The summed E-state index contributed by atoms with van der Waals surface area (Å²) in [6, 6.07) is 8.17. The molecule has 0 unspecified atom stereocenters. The number of rotatable bonds is 5. The van der Waals surface area contributed by atoms with Gasteiger partial charge < -0.3 is 14.6 Å². The second kappa shape index (κ2) is 7.55. The van der Waals surface area contributed by atoms with Crippen LogP contribution in [0.2, 0.25) is 5.02 Å². The normalized spacial score (nSPS) is 10.2. The minimum Gasteiger partial charge on any atom is -0.454 e. The molecule has 0 radical (unpaired) electrons. The Morgan fingerprint density at radius 2 is 2.04 bits per heavy atom. The zero-order chi connectivity index (χ0) is 16.8. The summed E-state index contributed by atoms with van der Waals surface area (Å²) in [5.74, 6) is -2.17. The molecule has 0 aliphatic rings. The lowest BCUT2D eigenvalue weighted by atomic mass is 10.3. The van der Waals surface area contributed by atoms with Gasteiger partial charge >= 0.3 is 5.97 Å². The fourth-order valence-corrected chi connectivity index (χ4v) is 1.86. The van der Waals surface area contributed by atoms with Crippen molar-refractivity contribution in [2.24, 2.45) is 0 Å². The first-order valence-electron chi connectivity index (χ1n) is 6.51. The SMILES string of the molecule is O=C(COC(=O)Cn1ccccc1=O)Nc1ccc(Cl)cc1F. The van der Waals surface area contributed by atoms with E-state index in [-0.39, 0.29) is 22.8 Å². The summed E-state index contributed by atoms with van der Waals surface area (Å²) < 4.78 is 19.4. The quantitative estimate of drug-likeness (QED) is 0.844. The van der Waals surface area contributed by atoms with E-state index in [2.05, 4.69) is 5.32 Å². The highest BCUT2D eigenvalue weighted by atomic mass is 35.5. The molecule has 6 nitrogen and oxygen atoms in total. The third-order valence-corrected chi connectivity index (χ3v) is 3.00. The molecule has 1 amide bonds. The maximum absolute atomic E-state index is 13.5. The van der Waals surface area contributed by atoms with Gasteiger partial charge in [-0.3, -0.25) is 14.4 Å². The predicted octanol–water partition coefficient (Wildman–Crippen LogP) is 1.82. The van der Waals surface area contributed by atoms with Crippen molar-refractivity contribution < 1.29 is 18.7 Å². The van der Waals surface area contributed by atoms with E-state index in [9.17, 15) is 18.8 Å². The van der Waals surface area contributed by atoms with E-state index in [1.165, 1.54) is 30.5 Å². The number of carbonyl (C=O) groups is 2. The molecule has 8 heteroatoms. The molecule has 1 aromatic carbocycles. The van der Waals surface area contributed by atoms with Gasteiger partial charge in [0.15, 0.2) is 6.61 Å². The highest BCUT2D eigenvalue weighted by Crippen LogP contribution is 2.18. The topological polar surface area (TPSA) is 77.4 Å². The lowest BCUT2D eigenvalue weighted by molar-refractivity contribution is -0.147. The number of anilines is 1. The summed E-state index contributed by atoms with van der Waals surface area (Å²) in [5, 5.41) is 2.44. The Morgan fingerprint density at radius 1 is 1.26 bits per heavy atom. The minimum absolute atomic E-state index is 0.0743. The molecule has 0 fully saturated rings. The Balaban J connectivity index is 1.85. The molecule has 0 aliphatic carbocycles. The van der Waals surface area contributed by atoms with Crippen LogP contribution in [-0.2, 0) is 20.9 Å². The van der Waals surface area contributed by atoms with Crippen molar-refractivity contribution in [3.8, 4) is 0 Å². The number of nitrogens with zero attached hydrogens (tertiary/aromatic N) is 1. The number of amides is 1. The van der Waals surface area contributed by atoms with Crippen LogP contribution in [0.4, 0.5) is 10.1 Å². The van der Waals surface area contributed by atoms with Crippen LogP contribution in [0.5, 0.6) is 0 Å². The van der Waals surface area contributed by atoms with Gasteiger partial charge in [0.1, 0.15) is 12.4 Å². The smallest absolute Gasteiger partial charge is 0.326 e. The van der Waals surface area contributed by atoms with Crippen LogP contribution in [-0.4, -0.2) is 23.1 Å². The van der Waals surface area contributed by atoms with Crippen LogP contribution in [0.1, 0.15) is 0 Å². The van der Waals surface area contributed by atoms with Gasteiger partial charge in [0.05, 0.1) is 5.69 Å². The first-order valence-corrected chi connectivity index (χ1v) is 6.89. The highest BCUT2D eigenvalue weighted by molar-refractivity contribution is 6.30. The molecule has 1 N–H and O–H groups in total. The van der Waals surface area contributed by atoms with E-state index in [4.69, 9.17) is 16.3 Å². The summed E-state index contributed by atoms with van der Waals surface area (Å²) in [4.78, 5) is 34.6. The molecule has 120 valence electrons. The van der Waals surface area contributed by atoms with Gasteiger partial charge in [-0.15, -0.1) is 0 Å². The van der Waals surface area contributed by atoms with Gasteiger partial charge in [0.2, 0.25) is 0 Å². The average molecular weight is 339 g/mol. The number of ether oxygens (including phenoxy) is 1. The highest BCUT2D eigenvalue weighted by Gasteiger charge is 2.11. The molecule has 0 atom stereocenters. The molecule has 0 saturated carbocycles. The summed E-state index contributed by atoms with van der Waals surface area (Å²) in [6.45, 7) is -0.912. The van der Waals surface area contributed by atoms with Gasteiger partial charge in [-0.25, -0.2) is 4.39 Å². The van der Waals surface area contributed by atoms with Crippen molar-refractivity contribution in [3.05, 3.63) is 63.8 Å². The second-order valence-corrected chi connectivity index (χ2v) is 4.94. The van der Waals surface area contributed by atoms with Crippen molar-refractivity contribution in [2.45, 2.75) is 6.54 Å². The molecule has 0 spiro atoms. The molecule has 0 bridgehead atoms. The molecule has 23 heavy (non-hydrogen) atoms. The zero-order valence-electron chi connectivity index (χ0n) is 11.8. The molecular weight excluding hydrogens is 327 g/mol. The number of aromatic nitrogens is 1. The number of esters is 1. The van der Waals surface area contributed by atoms with Crippen LogP contribution in [0.15, 0.2) is 47.4 Å². The number of halogens is 2. The fourth-order valence-electron chi connectivity index (χ4n) is 1.70. The van der Waals surface area contributed by atoms with E-state index in [0.717, 1.165) is 10.6 Å². The number of nitrogens with one attached hydrogen (secondary N) is 1. The van der Waals surface area contributed by atoms with Gasteiger partial charge in [0.25, 0.3) is 11.5 Å². The standard InChI is InChI=1S/C15H12ClFN2O4/c16-10-4-5-12(11(17)7-10)18-13(20)9-23-15(22)8-19-6-2-1-3-14(19)21/h1-7H,8-9H2,(H,18,20). The van der Waals surface area contributed by atoms with Crippen molar-refractivity contribution >= 4 is 29.2 Å². The number of carbonyl (C=O) groups excluding carboxylic acids is 2. The van der Waals surface area contributed by atoms with Gasteiger partial charge in [-0.05, 0) is 24.3 Å². The maximum Gasteiger partial charge on any atom is 0.326 e. The second-order valence-electron chi connectivity index (χ2n) is 4.50. The lowest BCUT2D eigenvalue weighted by Gasteiger charge is -2.08. The molecule has 0 aliphatic heterocycles. The number of benzene rings is 1. The Kier molecular flexibility index (Phi) is 5.48. The molecule has 2 aromatic rings. The van der Waals surface area contributed by atoms with Gasteiger partial charge in [0, 0.05) is 17.3 Å². The Bertz CT molecular complexity index is 791. The van der Waals surface area contributed by atoms with Crippen molar-refractivity contribution in [1.29, 1.82) is 0 Å².